The summed E-state index contributed by atoms with van der Waals surface area (Å²) in [7, 11) is 0. The smallest absolute Gasteiger partial charge is 0.318 e. The highest BCUT2D eigenvalue weighted by Crippen LogP contribution is 2.39. The van der Waals surface area contributed by atoms with Crippen LogP contribution in [0, 0.1) is 6.92 Å². The van der Waals surface area contributed by atoms with E-state index in [2.05, 4.69) is 72.8 Å². The van der Waals surface area contributed by atoms with Crippen LogP contribution in [0.3, 0.4) is 0 Å². The van der Waals surface area contributed by atoms with Gasteiger partial charge in [0.2, 0.25) is 0 Å². The quantitative estimate of drug-likeness (QED) is 0.296. The first kappa shape index (κ1) is 29.0. The average Bonchev–Trinajstić information content (AvgIpc) is 3.57. The Morgan fingerprint density at radius 1 is 1.16 bits per heavy atom. The van der Waals surface area contributed by atoms with Crippen molar-refractivity contribution in [2.24, 2.45) is 0 Å². The number of hydrogen-bond acceptors (Lipinski definition) is 6. The van der Waals surface area contributed by atoms with E-state index in [0.717, 1.165) is 79.0 Å². The molecule has 1 aromatic carbocycles. The van der Waals surface area contributed by atoms with Crippen molar-refractivity contribution in [1.29, 1.82) is 0 Å². The maximum absolute atomic E-state index is 13.2. The van der Waals surface area contributed by atoms with Crippen LogP contribution in [0.2, 0.25) is 0 Å². The molecule has 232 valence electrons. The molecule has 4 aromatic rings. The zero-order valence-electron chi connectivity index (χ0n) is 26.4. The first-order valence-electron chi connectivity index (χ1n) is 15.9. The number of ether oxygens (including phenoxy) is 2. The molecule has 3 aromatic heterocycles. The molecule has 1 atom stereocenters. The number of likely N-dealkylation sites (tertiary alicyclic amines) is 1. The minimum atomic E-state index is -0.421. The predicted molar refractivity (Wildman–Crippen MR) is 169 cm³/mol. The van der Waals surface area contributed by atoms with Crippen molar-refractivity contribution in [3.8, 4) is 22.5 Å². The van der Waals surface area contributed by atoms with E-state index in [-0.39, 0.29) is 17.7 Å². The fourth-order valence-corrected chi connectivity index (χ4v) is 7.13. The summed E-state index contributed by atoms with van der Waals surface area (Å²) in [6, 6.07) is 9.02. The molecule has 5 heterocycles. The van der Waals surface area contributed by atoms with Gasteiger partial charge in [0.1, 0.15) is 5.82 Å². The number of fused-ring (bicyclic) bond motifs is 2. The van der Waals surface area contributed by atoms with E-state index >= 15 is 0 Å². The summed E-state index contributed by atoms with van der Waals surface area (Å²) in [4.78, 5) is 28.1. The van der Waals surface area contributed by atoms with Crippen molar-refractivity contribution in [3.05, 3.63) is 53.5 Å². The number of carbonyl (C=O) groups is 1. The zero-order valence-corrected chi connectivity index (χ0v) is 26.4. The molecular weight excluding hydrogens is 554 g/mol. The second kappa shape index (κ2) is 11.0. The first-order valence-corrected chi connectivity index (χ1v) is 15.9. The van der Waals surface area contributed by atoms with Gasteiger partial charge in [-0.05, 0) is 89.5 Å². The Balaban J connectivity index is 1.13. The number of hydrogen-bond donors (Lipinski definition) is 2. The summed E-state index contributed by atoms with van der Waals surface area (Å²) in [5, 5.41) is 8.10. The van der Waals surface area contributed by atoms with Crippen molar-refractivity contribution in [2.45, 2.75) is 90.0 Å². The Kier molecular flexibility index (Phi) is 7.24. The molecule has 2 saturated heterocycles. The Hall–Kier alpha value is -3.76. The van der Waals surface area contributed by atoms with Gasteiger partial charge in [-0.3, -0.25) is 4.68 Å². The second-order valence-corrected chi connectivity index (χ2v) is 13.8. The molecule has 2 fully saturated rings. The third-order valence-electron chi connectivity index (χ3n) is 9.40. The van der Waals surface area contributed by atoms with Crippen LogP contribution in [0.1, 0.15) is 76.2 Å². The topological polar surface area (TPSA) is 110 Å². The third kappa shape index (κ3) is 5.38. The van der Waals surface area contributed by atoms with Crippen LogP contribution < -0.4 is 5.32 Å². The second-order valence-electron chi connectivity index (χ2n) is 13.8. The fourth-order valence-electron chi connectivity index (χ4n) is 7.13. The Morgan fingerprint density at radius 2 is 1.95 bits per heavy atom. The van der Waals surface area contributed by atoms with Crippen LogP contribution in [0.4, 0.5) is 4.79 Å². The number of nitrogens with zero attached hydrogens (tertiary/aromatic N) is 5. The maximum atomic E-state index is 13.2. The van der Waals surface area contributed by atoms with Crippen LogP contribution in [0.25, 0.3) is 33.7 Å². The number of aromatic amines is 1. The lowest BCUT2D eigenvalue weighted by molar-refractivity contribution is -0.112. The molecule has 2 amide bonds. The van der Waals surface area contributed by atoms with E-state index in [4.69, 9.17) is 19.6 Å². The maximum Gasteiger partial charge on any atom is 0.318 e. The number of H-pyrrole nitrogens is 1. The molecule has 0 saturated carbocycles. The molecule has 10 heteroatoms. The first-order chi connectivity index (χ1) is 21.1. The molecule has 0 unspecified atom stereocenters. The number of imidazole rings is 1. The number of carbonyl (C=O) groups excluding carboxylic acids is 1. The highest BCUT2D eigenvalue weighted by atomic mass is 16.5. The monoisotopic (exact) mass is 597 g/mol. The van der Waals surface area contributed by atoms with Gasteiger partial charge >= 0.3 is 6.03 Å². The van der Waals surface area contributed by atoms with E-state index in [1.165, 1.54) is 11.1 Å². The van der Waals surface area contributed by atoms with Crippen molar-refractivity contribution >= 4 is 17.2 Å². The number of nitrogens with one attached hydrogen (secondary N) is 2. The highest BCUT2D eigenvalue weighted by molar-refractivity contribution is 5.91. The van der Waals surface area contributed by atoms with Gasteiger partial charge in [0, 0.05) is 30.7 Å². The van der Waals surface area contributed by atoms with Gasteiger partial charge in [0.25, 0.3) is 0 Å². The minimum Gasteiger partial charge on any atom is -0.381 e. The van der Waals surface area contributed by atoms with Gasteiger partial charge in [-0.15, -0.1) is 0 Å². The third-order valence-corrected chi connectivity index (χ3v) is 9.40. The average molecular weight is 598 g/mol. The highest BCUT2D eigenvalue weighted by Gasteiger charge is 2.39. The molecule has 0 bridgehead atoms. The summed E-state index contributed by atoms with van der Waals surface area (Å²) < 4.78 is 13.7. The minimum absolute atomic E-state index is 0.0190. The number of aromatic nitrogens is 5. The SMILES string of the molecule is Cc1c(-c2nc3nccc(-c4ccc5c(c4)CCC[C@@]5(C)NC(=O)N4CC(OC(C)(C)C)C4)c3[nH]2)cnn1C1CCOCC1. The Labute approximate surface area is 258 Å². The van der Waals surface area contributed by atoms with Crippen LogP contribution >= 0.6 is 0 Å². The standard InChI is InChI=1S/C34H43N7O3/c1-21-27(18-36-41(21)24-11-15-43-16-12-24)30-37-29-26(10-14-35-31(29)38-30)22-8-9-28-23(17-22)7-6-13-34(28,5)39-32(42)40-19-25(20-40)44-33(2,3)4/h8-10,14,17-18,24-25H,6-7,11-13,15-16,19-20H2,1-5H3,(H,39,42)(H,35,37,38)/t34-/m1/s1. The van der Waals surface area contributed by atoms with Gasteiger partial charge in [-0.25, -0.2) is 14.8 Å². The normalized spacial score (nSPS) is 21.3. The van der Waals surface area contributed by atoms with Crippen molar-refractivity contribution < 1.29 is 14.3 Å². The Morgan fingerprint density at radius 3 is 2.73 bits per heavy atom. The summed E-state index contributed by atoms with van der Waals surface area (Å²) in [6.07, 6.45) is 8.68. The molecule has 7 rings (SSSR count). The molecule has 2 N–H and O–H groups in total. The molecule has 3 aliphatic rings. The van der Waals surface area contributed by atoms with Crippen molar-refractivity contribution in [1.82, 2.24) is 34.9 Å². The van der Waals surface area contributed by atoms with Gasteiger partial charge in [-0.1, -0.05) is 18.2 Å². The summed E-state index contributed by atoms with van der Waals surface area (Å²) in [5.41, 5.74) is 7.71. The fraction of sp³-hybridized carbons (Fsp3) is 0.529. The number of amides is 2. The van der Waals surface area contributed by atoms with E-state index in [0.29, 0.717) is 24.8 Å². The summed E-state index contributed by atoms with van der Waals surface area (Å²) in [5.74, 6) is 0.783. The van der Waals surface area contributed by atoms with Crippen LogP contribution in [0.15, 0.2) is 36.7 Å². The Bertz CT molecular complexity index is 1690. The van der Waals surface area contributed by atoms with E-state index in [1.807, 2.05) is 23.4 Å². The van der Waals surface area contributed by atoms with Gasteiger partial charge in [0.15, 0.2) is 5.65 Å². The number of rotatable bonds is 5. The number of benzene rings is 1. The van der Waals surface area contributed by atoms with Crippen LogP contribution in [-0.2, 0) is 21.4 Å². The molecule has 2 aliphatic heterocycles. The van der Waals surface area contributed by atoms with Gasteiger partial charge < -0.3 is 24.7 Å². The lowest BCUT2D eigenvalue weighted by Crippen LogP contribution is -2.61. The van der Waals surface area contributed by atoms with Crippen molar-refractivity contribution in [2.75, 3.05) is 26.3 Å². The molecular formula is C34H43N7O3. The van der Waals surface area contributed by atoms with Crippen LogP contribution in [0.5, 0.6) is 0 Å². The lowest BCUT2D eigenvalue weighted by atomic mass is 9.77. The molecule has 10 nitrogen and oxygen atoms in total. The van der Waals surface area contributed by atoms with E-state index in [9.17, 15) is 4.79 Å². The van der Waals surface area contributed by atoms with Crippen LogP contribution in [-0.4, -0.2) is 73.7 Å². The molecule has 0 spiro atoms. The zero-order chi connectivity index (χ0) is 30.6. The summed E-state index contributed by atoms with van der Waals surface area (Å²) in [6.45, 7) is 13.2. The van der Waals surface area contributed by atoms with Crippen molar-refractivity contribution in [3.63, 3.8) is 0 Å². The molecule has 0 radical (unpaired) electrons. The number of urea groups is 1. The van der Waals surface area contributed by atoms with Gasteiger partial charge in [0.05, 0.1) is 53.7 Å². The largest absolute Gasteiger partial charge is 0.381 e. The number of pyridine rings is 1. The van der Waals surface area contributed by atoms with E-state index < -0.39 is 5.54 Å². The predicted octanol–water partition coefficient (Wildman–Crippen LogP) is 5.91. The van der Waals surface area contributed by atoms with E-state index in [1.54, 1.807) is 0 Å². The molecule has 1 aliphatic carbocycles. The van der Waals surface area contributed by atoms with Gasteiger partial charge in [-0.2, -0.15) is 5.10 Å². The lowest BCUT2D eigenvalue weighted by Gasteiger charge is -2.44. The molecule has 44 heavy (non-hydrogen) atoms. The summed E-state index contributed by atoms with van der Waals surface area (Å²) >= 11 is 0. The number of aryl methyl sites for hydroxylation is 1.